The molecule has 6 rings (SSSR count). The van der Waals surface area contributed by atoms with Gasteiger partial charge in [-0.15, -0.1) is 0 Å². The summed E-state index contributed by atoms with van der Waals surface area (Å²) in [6.07, 6.45) is 3.25. The molecule has 0 atom stereocenters. The van der Waals surface area contributed by atoms with Crippen LogP contribution in [-0.4, -0.2) is 33.4 Å². The summed E-state index contributed by atoms with van der Waals surface area (Å²) < 4.78 is 4.57. The molecular formula is C34H32N6O2. The summed E-state index contributed by atoms with van der Waals surface area (Å²) in [5.41, 5.74) is 11.5. The van der Waals surface area contributed by atoms with Crippen molar-refractivity contribution < 1.29 is 9.59 Å². The average molecular weight is 557 g/mol. The zero-order valence-corrected chi connectivity index (χ0v) is 23.7. The lowest BCUT2D eigenvalue weighted by atomic mass is 10.1. The van der Waals surface area contributed by atoms with Gasteiger partial charge in [0.1, 0.15) is 0 Å². The van der Waals surface area contributed by atoms with Gasteiger partial charge >= 0.3 is 0 Å². The van der Waals surface area contributed by atoms with Crippen LogP contribution in [0.25, 0.3) is 43.6 Å². The van der Waals surface area contributed by atoms with E-state index in [2.05, 4.69) is 92.6 Å². The van der Waals surface area contributed by atoms with Gasteiger partial charge in [-0.05, 0) is 61.4 Å². The van der Waals surface area contributed by atoms with E-state index in [-0.39, 0.29) is 24.7 Å². The number of carbonyl (C=O) groups excluding carboxylic acids is 2. The van der Waals surface area contributed by atoms with E-state index in [1.807, 2.05) is 36.4 Å². The van der Waals surface area contributed by atoms with Gasteiger partial charge in [-0.25, -0.2) is 10.9 Å². The molecule has 210 valence electrons. The van der Waals surface area contributed by atoms with E-state index in [4.69, 9.17) is 0 Å². The van der Waals surface area contributed by atoms with Gasteiger partial charge in [-0.2, -0.15) is 10.2 Å². The molecule has 2 aromatic heterocycles. The first-order valence-electron chi connectivity index (χ1n) is 14.2. The Hall–Kier alpha value is -5.24. The topological polar surface area (TPSA) is 92.8 Å². The minimum Gasteiger partial charge on any atom is -0.341 e. The maximum Gasteiger partial charge on any atom is 0.240 e. The fourth-order valence-electron chi connectivity index (χ4n) is 5.68. The monoisotopic (exact) mass is 556 g/mol. The van der Waals surface area contributed by atoms with Gasteiger partial charge < -0.3 is 9.13 Å². The summed E-state index contributed by atoms with van der Waals surface area (Å²) in [6.45, 7) is 6.04. The van der Waals surface area contributed by atoms with Crippen molar-refractivity contribution in [3.63, 3.8) is 0 Å². The number of hydrogen-bond donors (Lipinski definition) is 2. The lowest BCUT2D eigenvalue weighted by Gasteiger charge is -2.03. The van der Waals surface area contributed by atoms with E-state index in [0.717, 1.165) is 35.0 Å². The highest BCUT2D eigenvalue weighted by molar-refractivity contribution is 6.10. The minimum absolute atomic E-state index is 0.00416. The largest absolute Gasteiger partial charge is 0.341 e. The lowest BCUT2D eigenvalue weighted by molar-refractivity contribution is -0.126. The summed E-state index contributed by atoms with van der Waals surface area (Å²) in [5.74, 6) is -0.682. The maximum atomic E-state index is 12.3. The van der Waals surface area contributed by atoms with Crippen LogP contribution >= 0.6 is 0 Å². The molecule has 4 aromatic carbocycles. The number of aryl methyl sites for hydroxylation is 2. The highest BCUT2D eigenvalue weighted by Crippen LogP contribution is 2.30. The second kappa shape index (κ2) is 11.7. The van der Waals surface area contributed by atoms with E-state index >= 15 is 0 Å². The number of hydrogen-bond acceptors (Lipinski definition) is 4. The molecule has 0 aliphatic heterocycles. The van der Waals surface area contributed by atoms with Crippen molar-refractivity contribution >= 4 is 67.9 Å². The Morgan fingerprint density at radius 3 is 1.43 bits per heavy atom. The Labute approximate surface area is 243 Å². The van der Waals surface area contributed by atoms with Gasteiger partial charge in [0.15, 0.2) is 0 Å². The zero-order valence-electron chi connectivity index (χ0n) is 23.7. The molecule has 2 amide bonds. The summed E-state index contributed by atoms with van der Waals surface area (Å²) in [6, 6.07) is 28.9. The molecule has 0 spiro atoms. The third-order valence-electron chi connectivity index (χ3n) is 7.61. The number of nitrogens with zero attached hydrogens (tertiary/aromatic N) is 4. The molecule has 0 saturated heterocycles. The number of fused-ring (bicyclic) bond motifs is 6. The molecule has 0 radical (unpaired) electrons. The van der Waals surface area contributed by atoms with Gasteiger partial charge in [-0.3, -0.25) is 9.59 Å². The van der Waals surface area contributed by atoms with Gasteiger partial charge in [0.25, 0.3) is 0 Å². The molecule has 8 nitrogen and oxygen atoms in total. The first kappa shape index (κ1) is 27.0. The number of carbonyl (C=O) groups is 2. The molecule has 2 N–H and O–H groups in total. The fourth-order valence-corrected chi connectivity index (χ4v) is 5.68. The molecule has 42 heavy (non-hydrogen) atoms. The van der Waals surface area contributed by atoms with Crippen LogP contribution in [0.3, 0.4) is 0 Å². The van der Waals surface area contributed by atoms with Gasteiger partial charge in [0.05, 0.1) is 12.4 Å². The Morgan fingerprint density at radius 1 is 0.595 bits per heavy atom. The van der Waals surface area contributed by atoms with Crippen LogP contribution in [0, 0.1) is 0 Å². The van der Waals surface area contributed by atoms with E-state index in [1.54, 1.807) is 12.4 Å². The minimum atomic E-state index is -0.341. The smallest absolute Gasteiger partial charge is 0.240 e. The van der Waals surface area contributed by atoms with E-state index < -0.39 is 0 Å². The van der Waals surface area contributed by atoms with Crippen LogP contribution in [0.4, 0.5) is 0 Å². The summed E-state index contributed by atoms with van der Waals surface area (Å²) in [7, 11) is 0. The van der Waals surface area contributed by atoms with Gasteiger partial charge in [0, 0.05) is 69.5 Å². The Morgan fingerprint density at radius 2 is 1.00 bits per heavy atom. The zero-order chi connectivity index (χ0) is 29.1. The van der Waals surface area contributed by atoms with Crippen LogP contribution in [0.1, 0.15) is 37.8 Å². The van der Waals surface area contributed by atoms with E-state index in [1.165, 1.54) is 32.8 Å². The summed E-state index contributed by atoms with van der Waals surface area (Å²) >= 11 is 0. The van der Waals surface area contributed by atoms with E-state index in [0.29, 0.717) is 0 Å². The average Bonchev–Trinajstić information content (AvgIpc) is 3.51. The van der Waals surface area contributed by atoms with Crippen molar-refractivity contribution in [2.24, 2.45) is 10.2 Å². The third kappa shape index (κ3) is 5.14. The predicted octanol–water partition coefficient (Wildman–Crippen LogP) is 6.32. The highest BCUT2D eigenvalue weighted by Gasteiger charge is 2.11. The van der Waals surface area contributed by atoms with Crippen molar-refractivity contribution in [3.05, 3.63) is 96.1 Å². The number of aromatic nitrogens is 2. The molecule has 8 heteroatoms. The van der Waals surface area contributed by atoms with Crippen LogP contribution in [-0.2, 0) is 22.7 Å². The third-order valence-corrected chi connectivity index (χ3v) is 7.61. The summed E-state index contributed by atoms with van der Waals surface area (Å²) in [4.78, 5) is 24.5. The number of benzene rings is 4. The molecule has 0 saturated carbocycles. The van der Waals surface area contributed by atoms with Gasteiger partial charge in [-0.1, -0.05) is 48.5 Å². The normalized spacial score (nSPS) is 12.0. The number of hydrazone groups is 2. The second-order valence-corrected chi connectivity index (χ2v) is 10.2. The number of rotatable bonds is 9. The van der Waals surface area contributed by atoms with Crippen molar-refractivity contribution in [2.45, 2.75) is 39.8 Å². The Bertz CT molecular complexity index is 1870. The van der Waals surface area contributed by atoms with Crippen molar-refractivity contribution in [2.75, 3.05) is 0 Å². The Kier molecular flexibility index (Phi) is 7.51. The molecular weight excluding hydrogens is 524 g/mol. The lowest BCUT2D eigenvalue weighted by Crippen LogP contribution is -2.22. The predicted molar refractivity (Wildman–Crippen MR) is 171 cm³/mol. The van der Waals surface area contributed by atoms with Crippen LogP contribution in [0.5, 0.6) is 0 Å². The molecule has 0 aliphatic rings. The second-order valence-electron chi connectivity index (χ2n) is 10.2. The number of para-hydroxylation sites is 2. The number of amides is 2. The SMILES string of the molecule is CCn1c2ccccc2c2cc(/C=N\NC(=O)CCC(=O)N/N=C\c3ccc4c(c3)c3ccccc3n4CC)ccc21. The molecule has 6 aromatic rings. The molecule has 0 unspecified atom stereocenters. The van der Waals surface area contributed by atoms with Crippen LogP contribution in [0.15, 0.2) is 95.1 Å². The molecule has 0 fully saturated rings. The molecule has 2 heterocycles. The van der Waals surface area contributed by atoms with Crippen molar-refractivity contribution in [1.82, 2.24) is 20.0 Å². The maximum absolute atomic E-state index is 12.3. The van der Waals surface area contributed by atoms with Crippen molar-refractivity contribution in [1.29, 1.82) is 0 Å². The first-order chi connectivity index (χ1) is 20.6. The quantitative estimate of drug-likeness (QED) is 0.161. The summed E-state index contributed by atoms with van der Waals surface area (Å²) in [5, 5.41) is 12.9. The molecule has 0 bridgehead atoms. The number of nitrogens with one attached hydrogen (secondary N) is 2. The van der Waals surface area contributed by atoms with Crippen LogP contribution < -0.4 is 10.9 Å². The van der Waals surface area contributed by atoms with Gasteiger partial charge in [0.2, 0.25) is 11.8 Å². The first-order valence-corrected chi connectivity index (χ1v) is 14.2. The highest BCUT2D eigenvalue weighted by atomic mass is 16.2. The molecule has 0 aliphatic carbocycles. The van der Waals surface area contributed by atoms with Crippen molar-refractivity contribution in [3.8, 4) is 0 Å². The fraction of sp³-hybridized carbons (Fsp3) is 0.176. The Balaban J connectivity index is 1.02. The standard InChI is InChI=1S/C34H32N6O2/c1-3-39-29-11-7-5-9-25(29)27-19-23(13-15-31(27)39)21-35-37-33(41)17-18-34(42)38-36-22-24-14-16-32-28(20-24)26-10-6-8-12-30(26)40(32)4-2/h5-16,19-22H,3-4,17-18H2,1-2H3,(H,37,41)(H,38,42)/b35-21-,36-22-. The van der Waals surface area contributed by atoms with E-state index in [9.17, 15) is 9.59 Å². The van der Waals surface area contributed by atoms with Crippen LogP contribution in [0.2, 0.25) is 0 Å².